The lowest BCUT2D eigenvalue weighted by Gasteiger charge is -2.17. The summed E-state index contributed by atoms with van der Waals surface area (Å²) in [7, 11) is 0. The van der Waals surface area contributed by atoms with E-state index in [9.17, 15) is 9.59 Å². The molecular weight excluding hydrogens is 378 g/mol. The number of carbonyl (C=O) groups is 2. The molecule has 0 radical (unpaired) electrons. The van der Waals surface area contributed by atoms with Gasteiger partial charge in [-0.15, -0.1) is 0 Å². The van der Waals surface area contributed by atoms with Crippen LogP contribution in [0.1, 0.15) is 29.3 Å². The van der Waals surface area contributed by atoms with Gasteiger partial charge in [0.15, 0.2) is 0 Å². The summed E-state index contributed by atoms with van der Waals surface area (Å²) >= 11 is 5.88. The third-order valence-electron chi connectivity index (χ3n) is 4.40. The second-order valence-electron chi connectivity index (χ2n) is 6.45. The van der Waals surface area contributed by atoms with Gasteiger partial charge < -0.3 is 15.0 Å². The summed E-state index contributed by atoms with van der Waals surface area (Å²) in [6.45, 7) is 3.43. The number of nitrogens with one attached hydrogen (secondary N) is 1. The number of likely N-dealkylation sites (tertiary alicyclic amines) is 1. The van der Waals surface area contributed by atoms with E-state index in [0.29, 0.717) is 30.3 Å². The number of halogens is 1. The molecule has 6 nitrogen and oxygen atoms in total. The van der Waals surface area contributed by atoms with Crippen LogP contribution < -0.4 is 5.32 Å². The van der Waals surface area contributed by atoms with E-state index in [1.807, 2.05) is 17.0 Å². The van der Waals surface area contributed by atoms with Crippen LogP contribution in [0, 0.1) is 0 Å². The highest BCUT2D eigenvalue weighted by Crippen LogP contribution is 2.18. The number of amides is 1. The summed E-state index contributed by atoms with van der Waals surface area (Å²) in [6.07, 6.45) is 5.58. The number of esters is 1. The van der Waals surface area contributed by atoms with Crippen molar-refractivity contribution in [3.63, 3.8) is 0 Å². The van der Waals surface area contributed by atoms with E-state index in [4.69, 9.17) is 16.3 Å². The predicted molar refractivity (Wildman–Crippen MR) is 109 cm³/mol. The van der Waals surface area contributed by atoms with Gasteiger partial charge in [-0.3, -0.25) is 4.79 Å². The number of anilines is 1. The number of carbonyl (C=O) groups excluding carboxylic acids is 2. The van der Waals surface area contributed by atoms with Crippen molar-refractivity contribution in [1.29, 1.82) is 0 Å². The van der Waals surface area contributed by atoms with Gasteiger partial charge in [-0.2, -0.15) is 0 Å². The first kappa shape index (κ1) is 19.9. The van der Waals surface area contributed by atoms with Crippen LogP contribution in [0.15, 0.2) is 48.7 Å². The van der Waals surface area contributed by atoms with Crippen molar-refractivity contribution in [1.82, 2.24) is 9.88 Å². The molecule has 0 saturated carbocycles. The highest BCUT2D eigenvalue weighted by Gasteiger charge is 2.27. The topological polar surface area (TPSA) is 71.5 Å². The molecule has 7 heteroatoms. The summed E-state index contributed by atoms with van der Waals surface area (Å²) in [5, 5.41) is 3.97. The van der Waals surface area contributed by atoms with Gasteiger partial charge in [-0.1, -0.05) is 11.6 Å². The molecule has 146 valence electrons. The number of nitrogens with zero attached hydrogens (tertiary/aromatic N) is 2. The first-order chi connectivity index (χ1) is 13.5. The number of hydrogen-bond donors (Lipinski definition) is 1. The molecule has 1 aromatic carbocycles. The van der Waals surface area contributed by atoms with Gasteiger partial charge in [-0.05, 0) is 61.4 Å². The Morgan fingerprint density at radius 3 is 2.75 bits per heavy atom. The normalized spacial score (nSPS) is 16.4. The summed E-state index contributed by atoms with van der Waals surface area (Å²) in [5.41, 5.74) is 1.45. The number of aromatic nitrogens is 1. The zero-order chi connectivity index (χ0) is 19.9. The highest BCUT2D eigenvalue weighted by atomic mass is 35.5. The smallest absolute Gasteiger partial charge is 0.330 e. The van der Waals surface area contributed by atoms with E-state index in [1.165, 1.54) is 6.08 Å². The van der Waals surface area contributed by atoms with Crippen LogP contribution in [-0.2, 0) is 9.53 Å². The molecule has 1 atom stereocenters. The molecule has 1 aliphatic heterocycles. The first-order valence-corrected chi connectivity index (χ1v) is 9.55. The second kappa shape index (κ2) is 9.37. The molecule has 1 saturated heterocycles. The number of benzene rings is 1. The SMILES string of the molecule is CCOC(=O)/C=C/c1ccc(N[C@@H]2CCN(C(=O)c3ccc(Cl)cc3)C2)nc1. The van der Waals surface area contributed by atoms with Gasteiger partial charge in [0, 0.05) is 42.0 Å². The molecule has 1 aliphatic rings. The Kier molecular flexibility index (Phi) is 6.66. The standard InChI is InChI=1S/C21H22ClN3O3/c1-2-28-20(26)10-4-15-3-9-19(23-13-15)24-18-11-12-25(14-18)21(27)16-5-7-17(22)8-6-16/h3-10,13,18H,2,11-12,14H2,1H3,(H,23,24)/b10-4+/t18-/m1/s1. The molecule has 2 heterocycles. The summed E-state index contributed by atoms with van der Waals surface area (Å²) in [4.78, 5) is 30.1. The number of rotatable bonds is 6. The minimum atomic E-state index is -0.374. The fourth-order valence-electron chi connectivity index (χ4n) is 2.99. The minimum Gasteiger partial charge on any atom is -0.463 e. The van der Waals surface area contributed by atoms with E-state index in [1.54, 1.807) is 43.5 Å². The van der Waals surface area contributed by atoms with Crippen LogP contribution in [0.5, 0.6) is 0 Å². The maximum absolute atomic E-state index is 12.6. The van der Waals surface area contributed by atoms with Crippen LogP contribution in [0.4, 0.5) is 5.82 Å². The lowest BCUT2D eigenvalue weighted by molar-refractivity contribution is -0.137. The Balaban J connectivity index is 1.53. The monoisotopic (exact) mass is 399 g/mol. The maximum atomic E-state index is 12.6. The number of ether oxygens (including phenoxy) is 1. The van der Waals surface area contributed by atoms with Crippen molar-refractivity contribution in [3.8, 4) is 0 Å². The van der Waals surface area contributed by atoms with E-state index >= 15 is 0 Å². The zero-order valence-corrected chi connectivity index (χ0v) is 16.4. The van der Waals surface area contributed by atoms with Crippen molar-refractivity contribution in [2.24, 2.45) is 0 Å². The van der Waals surface area contributed by atoms with Crippen LogP contribution >= 0.6 is 11.6 Å². The summed E-state index contributed by atoms with van der Waals surface area (Å²) < 4.78 is 4.85. The Hall–Kier alpha value is -2.86. The molecule has 28 heavy (non-hydrogen) atoms. The fraction of sp³-hybridized carbons (Fsp3) is 0.286. The second-order valence-corrected chi connectivity index (χ2v) is 6.89. The molecule has 0 aliphatic carbocycles. The fourth-order valence-corrected chi connectivity index (χ4v) is 3.12. The van der Waals surface area contributed by atoms with Crippen molar-refractivity contribution in [2.75, 3.05) is 25.0 Å². The van der Waals surface area contributed by atoms with Gasteiger partial charge >= 0.3 is 5.97 Å². The highest BCUT2D eigenvalue weighted by molar-refractivity contribution is 6.30. The van der Waals surface area contributed by atoms with E-state index in [-0.39, 0.29) is 17.9 Å². The first-order valence-electron chi connectivity index (χ1n) is 9.17. The van der Waals surface area contributed by atoms with E-state index in [2.05, 4.69) is 10.3 Å². The third kappa shape index (κ3) is 5.33. The molecule has 1 N–H and O–H groups in total. The van der Waals surface area contributed by atoms with Crippen LogP contribution in [0.25, 0.3) is 6.08 Å². The molecule has 0 bridgehead atoms. The molecule has 1 amide bonds. The van der Waals surface area contributed by atoms with Crippen molar-refractivity contribution in [2.45, 2.75) is 19.4 Å². The lowest BCUT2D eigenvalue weighted by atomic mass is 10.2. The number of pyridine rings is 1. The summed E-state index contributed by atoms with van der Waals surface area (Å²) in [6, 6.07) is 10.8. The number of hydrogen-bond acceptors (Lipinski definition) is 5. The van der Waals surface area contributed by atoms with Crippen molar-refractivity contribution >= 4 is 35.4 Å². The third-order valence-corrected chi connectivity index (χ3v) is 4.66. The predicted octanol–water partition coefficient (Wildman–Crippen LogP) is 3.64. The molecular formula is C21H22ClN3O3. The van der Waals surface area contributed by atoms with Crippen LogP contribution in [0.2, 0.25) is 5.02 Å². The van der Waals surface area contributed by atoms with Gasteiger partial charge in [-0.25, -0.2) is 9.78 Å². The molecule has 0 unspecified atom stereocenters. The van der Waals surface area contributed by atoms with Gasteiger partial charge in [0.2, 0.25) is 0 Å². The Bertz CT molecular complexity index is 850. The van der Waals surface area contributed by atoms with Crippen LogP contribution in [-0.4, -0.2) is 47.5 Å². The Morgan fingerprint density at radius 2 is 2.07 bits per heavy atom. The summed E-state index contributed by atoms with van der Waals surface area (Å²) in [5.74, 6) is 0.369. The van der Waals surface area contributed by atoms with Gasteiger partial charge in [0.1, 0.15) is 5.82 Å². The van der Waals surface area contributed by atoms with Gasteiger partial charge in [0.05, 0.1) is 6.61 Å². The average molecular weight is 400 g/mol. The molecule has 3 rings (SSSR count). The molecule has 1 aromatic heterocycles. The lowest BCUT2D eigenvalue weighted by Crippen LogP contribution is -2.31. The molecule has 2 aromatic rings. The average Bonchev–Trinajstić information content (AvgIpc) is 3.16. The van der Waals surface area contributed by atoms with E-state index < -0.39 is 0 Å². The quantitative estimate of drug-likeness (QED) is 0.593. The largest absolute Gasteiger partial charge is 0.463 e. The van der Waals surface area contributed by atoms with Crippen molar-refractivity contribution < 1.29 is 14.3 Å². The Morgan fingerprint density at radius 1 is 1.29 bits per heavy atom. The maximum Gasteiger partial charge on any atom is 0.330 e. The Labute approximate surface area is 169 Å². The molecule has 1 fully saturated rings. The molecule has 0 spiro atoms. The van der Waals surface area contributed by atoms with E-state index in [0.717, 1.165) is 17.8 Å². The van der Waals surface area contributed by atoms with Crippen molar-refractivity contribution in [3.05, 3.63) is 64.8 Å². The minimum absolute atomic E-state index is 0.00776. The van der Waals surface area contributed by atoms with Crippen LogP contribution in [0.3, 0.4) is 0 Å². The zero-order valence-electron chi connectivity index (χ0n) is 15.6. The van der Waals surface area contributed by atoms with Gasteiger partial charge in [0.25, 0.3) is 5.91 Å².